The van der Waals surface area contributed by atoms with Crippen LogP contribution in [0.5, 0.6) is 0 Å². The normalized spacial score (nSPS) is 12.7. The van der Waals surface area contributed by atoms with Gasteiger partial charge >= 0.3 is 0 Å². The first-order chi connectivity index (χ1) is 10.2. The Morgan fingerprint density at radius 3 is 2.86 bits per heavy atom. The number of nitrogens with one attached hydrogen (secondary N) is 1. The van der Waals surface area contributed by atoms with Crippen LogP contribution < -0.4 is 11.3 Å². The van der Waals surface area contributed by atoms with Crippen molar-refractivity contribution < 1.29 is 0 Å². The molecule has 108 valence electrons. The van der Waals surface area contributed by atoms with Gasteiger partial charge in [0.1, 0.15) is 0 Å². The van der Waals surface area contributed by atoms with Gasteiger partial charge in [0, 0.05) is 30.7 Å². The molecule has 0 radical (unpaired) electrons. The van der Waals surface area contributed by atoms with E-state index in [0.29, 0.717) is 6.42 Å². The Kier molecular flexibility index (Phi) is 3.64. The molecule has 6 nitrogen and oxygen atoms in total. The molecule has 2 aromatic heterocycles. The number of hydrogen-bond acceptors (Lipinski definition) is 5. The first kappa shape index (κ1) is 13.7. The van der Waals surface area contributed by atoms with E-state index in [4.69, 9.17) is 5.84 Å². The van der Waals surface area contributed by atoms with Gasteiger partial charge in [-0.05, 0) is 24.6 Å². The standard InChI is InChI=1S/C15H18N6/c1-10-7-13(12-5-3-4-6-14(12)17-10)15(18-16)8-11-9-21(2)20-19-11/h3-7,9,15,18H,8,16H2,1-2H3. The lowest BCUT2D eigenvalue weighted by Crippen LogP contribution is -2.30. The minimum absolute atomic E-state index is 0.0340. The maximum absolute atomic E-state index is 5.78. The highest BCUT2D eigenvalue weighted by molar-refractivity contribution is 5.82. The minimum atomic E-state index is -0.0340. The van der Waals surface area contributed by atoms with Crippen LogP contribution in [-0.2, 0) is 13.5 Å². The Morgan fingerprint density at radius 1 is 1.33 bits per heavy atom. The van der Waals surface area contributed by atoms with Crippen molar-refractivity contribution in [2.75, 3.05) is 0 Å². The summed E-state index contributed by atoms with van der Waals surface area (Å²) in [5.41, 5.74) is 6.88. The molecule has 0 aliphatic rings. The number of nitrogens with two attached hydrogens (primary N) is 1. The number of nitrogens with zero attached hydrogens (tertiary/aromatic N) is 4. The molecule has 3 rings (SSSR count). The average molecular weight is 282 g/mol. The highest BCUT2D eigenvalue weighted by atomic mass is 15.4. The largest absolute Gasteiger partial charge is 0.271 e. The Balaban J connectivity index is 2.04. The third kappa shape index (κ3) is 2.76. The third-order valence-corrected chi connectivity index (χ3v) is 3.52. The maximum atomic E-state index is 5.78. The van der Waals surface area contributed by atoms with Gasteiger partial charge in [0.25, 0.3) is 0 Å². The second kappa shape index (κ2) is 5.59. The van der Waals surface area contributed by atoms with E-state index in [1.54, 1.807) is 4.68 Å². The first-order valence-electron chi connectivity index (χ1n) is 6.85. The molecule has 0 aliphatic heterocycles. The molecule has 0 spiro atoms. The summed E-state index contributed by atoms with van der Waals surface area (Å²) >= 11 is 0. The summed E-state index contributed by atoms with van der Waals surface area (Å²) < 4.78 is 1.69. The maximum Gasteiger partial charge on any atom is 0.0846 e. The fourth-order valence-corrected chi connectivity index (χ4v) is 2.59. The van der Waals surface area contributed by atoms with Crippen molar-refractivity contribution in [3.8, 4) is 0 Å². The molecule has 0 saturated carbocycles. The van der Waals surface area contributed by atoms with Crippen LogP contribution in [0.2, 0.25) is 0 Å². The van der Waals surface area contributed by atoms with Gasteiger partial charge in [0.15, 0.2) is 0 Å². The summed E-state index contributed by atoms with van der Waals surface area (Å²) in [5.74, 6) is 5.78. The number of fused-ring (bicyclic) bond motifs is 1. The average Bonchev–Trinajstić information content (AvgIpc) is 2.89. The van der Waals surface area contributed by atoms with Gasteiger partial charge in [-0.15, -0.1) is 5.10 Å². The third-order valence-electron chi connectivity index (χ3n) is 3.52. The van der Waals surface area contributed by atoms with Crippen molar-refractivity contribution >= 4 is 10.9 Å². The zero-order valence-electron chi connectivity index (χ0n) is 12.1. The van der Waals surface area contributed by atoms with Gasteiger partial charge in [0.05, 0.1) is 17.3 Å². The van der Waals surface area contributed by atoms with Crippen LogP contribution in [0.15, 0.2) is 36.5 Å². The molecule has 0 fully saturated rings. The van der Waals surface area contributed by atoms with Crippen LogP contribution in [0.3, 0.4) is 0 Å². The zero-order chi connectivity index (χ0) is 14.8. The lowest BCUT2D eigenvalue weighted by Gasteiger charge is -2.17. The number of pyridine rings is 1. The topological polar surface area (TPSA) is 81.7 Å². The summed E-state index contributed by atoms with van der Waals surface area (Å²) in [6.07, 6.45) is 2.58. The van der Waals surface area contributed by atoms with Gasteiger partial charge in [-0.3, -0.25) is 20.9 Å². The quantitative estimate of drug-likeness (QED) is 0.558. The Bertz CT molecular complexity index is 764. The molecule has 0 bridgehead atoms. The number of para-hydroxylation sites is 1. The summed E-state index contributed by atoms with van der Waals surface area (Å²) in [4.78, 5) is 4.56. The van der Waals surface area contributed by atoms with E-state index in [0.717, 1.165) is 27.9 Å². The Hall–Kier alpha value is -2.31. The summed E-state index contributed by atoms with van der Waals surface area (Å²) in [6, 6.07) is 10.1. The van der Waals surface area contributed by atoms with E-state index in [2.05, 4.69) is 32.9 Å². The number of hydrazine groups is 1. The molecule has 21 heavy (non-hydrogen) atoms. The molecule has 6 heteroatoms. The molecule has 1 unspecified atom stereocenters. The van der Waals surface area contributed by atoms with Crippen molar-refractivity contribution in [3.63, 3.8) is 0 Å². The molecular weight excluding hydrogens is 264 g/mol. The van der Waals surface area contributed by atoms with E-state index >= 15 is 0 Å². The summed E-state index contributed by atoms with van der Waals surface area (Å²) in [6.45, 7) is 1.99. The van der Waals surface area contributed by atoms with Crippen molar-refractivity contribution in [1.29, 1.82) is 0 Å². The summed E-state index contributed by atoms with van der Waals surface area (Å²) in [7, 11) is 1.85. The highest BCUT2D eigenvalue weighted by Gasteiger charge is 2.16. The van der Waals surface area contributed by atoms with Gasteiger partial charge in [-0.2, -0.15) is 0 Å². The number of aromatic nitrogens is 4. The Labute approximate surface area is 123 Å². The van der Waals surface area contributed by atoms with Gasteiger partial charge in [-0.25, -0.2) is 0 Å². The van der Waals surface area contributed by atoms with Crippen molar-refractivity contribution in [2.24, 2.45) is 12.9 Å². The zero-order valence-corrected chi connectivity index (χ0v) is 12.1. The van der Waals surface area contributed by atoms with E-state index in [-0.39, 0.29) is 6.04 Å². The second-order valence-corrected chi connectivity index (χ2v) is 5.18. The molecule has 2 heterocycles. The smallest absolute Gasteiger partial charge is 0.0846 e. The molecule has 3 N–H and O–H groups in total. The Morgan fingerprint density at radius 2 is 2.14 bits per heavy atom. The highest BCUT2D eigenvalue weighted by Crippen LogP contribution is 2.25. The molecule has 1 atom stereocenters. The van der Waals surface area contributed by atoms with Crippen molar-refractivity contribution in [3.05, 3.63) is 53.5 Å². The summed E-state index contributed by atoms with van der Waals surface area (Å²) in [5, 5.41) is 9.20. The monoisotopic (exact) mass is 282 g/mol. The molecule has 1 aromatic carbocycles. The molecule has 0 amide bonds. The lowest BCUT2D eigenvalue weighted by molar-refractivity contribution is 0.548. The predicted molar refractivity (Wildman–Crippen MR) is 81.3 cm³/mol. The number of rotatable bonds is 4. The number of aryl methyl sites for hydroxylation is 2. The van der Waals surface area contributed by atoms with Crippen LogP contribution in [0.25, 0.3) is 10.9 Å². The van der Waals surface area contributed by atoms with Crippen LogP contribution in [0.4, 0.5) is 0 Å². The van der Waals surface area contributed by atoms with E-state index in [1.807, 2.05) is 38.4 Å². The lowest BCUT2D eigenvalue weighted by atomic mass is 9.98. The molecule has 3 aromatic rings. The first-order valence-corrected chi connectivity index (χ1v) is 6.85. The van der Waals surface area contributed by atoms with Crippen molar-refractivity contribution in [2.45, 2.75) is 19.4 Å². The van der Waals surface area contributed by atoms with Crippen LogP contribution in [-0.4, -0.2) is 20.0 Å². The van der Waals surface area contributed by atoms with Gasteiger partial charge in [0.2, 0.25) is 0 Å². The molecule has 0 aliphatic carbocycles. The number of benzene rings is 1. The van der Waals surface area contributed by atoms with Crippen molar-refractivity contribution in [1.82, 2.24) is 25.4 Å². The van der Waals surface area contributed by atoms with E-state index in [1.165, 1.54) is 0 Å². The van der Waals surface area contributed by atoms with Gasteiger partial charge < -0.3 is 0 Å². The molecule has 0 saturated heterocycles. The fourth-order valence-electron chi connectivity index (χ4n) is 2.59. The fraction of sp³-hybridized carbons (Fsp3) is 0.267. The SMILES string of the molecule is Cc1cc(C(Cc2cn(C)nn2)NN)c2ccccc2n1. The minimum Gasteiger partial charge on any atom is -0.271 e. The predicted octanol–water partition coefficient (Wildman–Crippen LogP) is 1.42. The second-order valence-electron chi connectivity index (χ2n) is 5.18. The van der Waals surface area contributed by atoms with E-state index in [9.17, 15) is 0 Å². The molecular formula is C15H18N6. The van der Waals surface area contributed by atoms with Crippen LogP contribution in [0.1, 0.15) is 23.0 Å². The van der Waals surface area contributed by atoms with E-state index < -0.39 is 0 Å². The van der Waals surface area contributed by atoms with Gasteiger partial charge in [-0.1, -0.05) is 23.4 Å². The van der Waals surface area contributed by atoms with Crippen LogP contribution in [0, 0.1) is 6.92 Å². The number of hydrogen-bond donors (Lipinski definition) is 2. The van der Waals surface area contributed by atoms with Crippen LogP contribution >= 0.6 is 0 Å².